The first-order valence-electron chi connectivity index (χ1n) is 3.02. The third-order valence-electron chi connectivity index (χ3n) is 1.33. The highest BCUT2D eigenvalue weighted by atomic mass is 16.2. The first-order chi connectivity index (χ1) is 4.34. The van der Waals surface area contributed by atoms with Crippen molar-refractivity contribution in [1.82, 2.24) is 16.0 Å². The second kappa shape index (κ2) is 2.68. The smallest absolute Gasteiger partial charge is 0.317 e. The molecular formula is C5H10N3O. The number of carbonyl (C=O) groups excluding carboxylic acids is 1. The lowest BCUT2D eigenvalue weighted by molar-refractivity contribution is 0.218. The molecule has 1 aliphatic rings. The van der Waals surface area contributed by atoms with Crippen LogP contribution in [0.4, 0.5) is 4.79 Å². The van der Waals surface area contributed by atoms with Crippen molar-refractivity contribution in [2.75, 3.05) is 26.2 Å². The molecule has 4 heteroatoms. The van der Waals surface area contributed by atoms with Crippen LogP contribution in [0.25, 0.3) is 0 Å². The van der Waals surface area contributed by atoms with E-state index in [9.17, 15) is 4.79 Å². The SMILES string of the molecule is [NH]CCN1CCNC1=O. The van der Waals surface area contributed by atoms with Crippen molar-refractivity contribution < 1.29 is 4.79 Å². The van der Waals surface area contributed by atoms with E-state index in [-0.39, 0.29) is 6.03 Å². The Kier molecular flexibility index (Phi) is 1.89. The van der Waals surface area contributed by atoms with Gasteiger partial charge in [-0.25, -0.2) is 4.79 Å². The monoisotopic (exact) mass is 128 g/mol. The number of rotatable bonds is 2. The molecule has 2 N–H and O–H groups in total. The summed E-state index contributed by atoms with van der Waals surface area (Å²) in [4.78, 5) is 12.3. The van der Waals surface area contributed by atoms with Crippen LogP contribution in [-0.4, -0.2) is 37.1 Å². The molecule has 0 aromatic carbocycles. The van der Waals surface area contributed by atoms with E-state index >= 15 is 0 Å². The summed E-state index contributed by atoms with van der Waals surface area (Å²) >= 11 is 0. The standard InChI is InChI=1S/C5H10N3O/c6-1-3-8-4-2-7-5(8)9/h6H,1-4H2,(H,7,9). The van der Waals surface area contributed by atoms with Crippen LogP contribution in [0.3, 0.4) is 0 Å². The van der Waals surface area contributed by atoms with Crippen molar-refractivity contribution in [2.24, 2.45) is 0 Å². The van der Waals surface area contributed by atoms with Crippen molar-refractivity contribution >= 4 is 6.03 Å². The van der Waals surface area contributed by atoms with Gasteiger partial charge in [0.15, 0.2) is 0 Å². The zero-order valence-corrected chi connectivity index (χ0v) is 5.18. The molecule has 1 saturated heterocycles. The summed E-state index contributed by atoms with van der Waals surface area (Å²) < 4.78 is 0. The molecular weight excluding hydrogens is 118 g/mol. The maximum atomic E-state index is 10.7. The molecule has 0 aromatic heterocycles. The molecule has 4 nitrogen and oxygen atoms in total. The summed E-state index contributed by atoms with van der Waals surface area (Å²) in [5, 5.41) is 2.66. The largest absolute Gasteiger partial charge is 0.336 e. The number of carbonyl (C=O) groups is 1. The Labute approximate surface area is 54.0 Å². The van der Waals surface area contributed by atoms with Crippen LogP contribution in [-0.2, 0) is 0 Å². The van der Waals surface area contributed by atoms with E-state index in [4.69, 9.17) is 5.73 Å². The van der Waals surface area contributed by atoms with Gasteiger partial charge in [-0.2, -0.15) is 0 Å². The number of amides is 2. The van der Waals surface area contributed by atoms with Gasteiger partial charge in [0.25, 0.3) is 0 Å². The maximum absolute atomic E-state index is 10.7. The van der Waals surface area contributed by atoms with E-state index in [0.29, 0.717) is 13.1 Å². The summed E-state index contributed by atoms with van der Waals surface area (Å²) in [5.41, 5.74) is 6.84. The maximum Gasteiger partial charge on any atom is 0.317 e. The molecule has 1 radical (unpaired) electrons. The predicted molar refractivity (Wildman–Crippen MR) is 32.9 cm³/mol. The quantitative estimate of drug-likeness (QED) is 0.525. The lowest BCUT2D eigenvalue weighted by Crippen LogP contribution is -2.30. The Morgan fingerprint density at radius 1 is 1.78 bits per heavy atom. The van der Waals surface area contributed by atoms with Crippen LogP contribution in [0.2, 0.25) is 0 Å². The first kappa shape index (κ1) is 6.35. The van der Waals surface area contributed by atoms with Crippen LogP contribution in [0.1, 0.15) is 0 Å². The molecule has 0 saturated carbocycles. The number of urea groups is 1. The van der Waals surface area contributed by atoms with Gasteiger partial charge in [0.2, 0.25) is 0 Å². The predicted octanol–water partition coefficient (Wildman–Crippen LogP) is -0.706. The van der Waals surface area contributed by atoms with Crippen LogP contribution in [0, 0.1) is 0 Å². The summed E-state index contributed by atoms with van der Waals surface area (Å²) in [6.07, 6.45) is 0. The van der Waals surface area contributed by atoms with E-state index in [2.05, 4.69) is 5.32 Å². The number of nitrogens with one attached hydrogen (secondary N) is 2. The second-order valence-corrected chi connectivity index (χ2v) is 1.97. The minimum Gasteiger partial charge on any atom is -0.336 e. The van der Waals surface area contributed by atoms with Gasteiger partial charge in [0, 0.05) is 26.2 Å². The molecule has 9 heavy (non-hydrogen) atoms. The van der Waals surface area contributed by atoms with Crippen molar-refractivity contribution in [3.05, 3.63) is 0 Å². The fourth-order valence-electron chi connectivity index (χ4n) is 0.859. The molecule has 0 aromatic rings. The van der Waals surface area contributed by atoms with Crippen molar-refractivity contribution in [2.45, 2.75) is 0 Å². The number of hydrogen-bond donors (Lipinski definition) is 1. The summed E-state index contributed by atoms with van der Waals surface area (Å²) in [6, 6.07) is -0.0257. The van der Waals surface area contributed by atoms with Crippen molar-refractivity contribution in [3.63, 3.8) is 0 Å². The molecule has 2 amide bonds. The third kappa shape index (κ3) is 1.32. The van der Waals surface area contributed by atoms with Gasteiger partial charge in [-0.1, -0.05) is 0 Å². The highest BCUT2D eigenvalue weighted by Gasteiger charge is 2.17. The Morgan fingerprint density at radius 3 is 3.00 bits per heavy atom. The van der Waals surface area contributed by atoms with Crippen molar-refractivity contribution in [1.29, 1.82) is 0 Å². The minimum absolute atomic E-state index is 0.0257. The topological polar surface area (TPSA) is 56.1 Å². The third-order valence-corrected chi connectivity index (χ3v) is 1.33. The summed E-state index contributed by atoms with van der Waals surface area (Å²) in [5.74, 6) is 0. The Morgan fingerprint density at radius 2 is 2.56 bits per heavy atom. The number of nitrogens with zero attached hydrogens (tertiary/aromatic N) is 1. The molecule has 0 spiro atoms. The molecule has 0 unspecified atom stereocenters. The molecule has 0 atom stereocenters. The van der Waals surface area contributed by atoms with Gasteiger partial charge in [0.05, 0.1) is 0 Å². The average molecular weight is 128 g/mol. The van der Waals surface area contributed by atoms with Crippen LogP contribution in [0.15, 0.2) is 0 Å². The molecule has 0 aliphatic carbocycles. The highest BCUT2D eigenvalue weighted by molar-refractivity contribution is 5.76. The Bertz CT molecular complexity index is 115. The summed E-state index contributed by atoms with van der Waals surface area (Å²) in [7, 11) is 0. The highest BCUT2D eigenvalue weighted by Crippen LogP contribution is 1.93. The first-order valence-corrected chi connectivity index (χ1v) is 3.02. The van der Waals surface area contributed by atoms with E-state index in [1.165, 1.54) is 0 Å². The molecule has 1 rings (SSSR count). The van der Waals surface area contributed by atoms with Crippen molar-refractivity contribution in [3.8, 4) is 0 Å². The van der Waals surface area contributed by atoms with Gasteiger partial charge in [-0.15, -0.1) is 0 Å². The van der Waals surface area contributed by atoms with Gasteiger partial charge < -0.3 is 10.2 Å². The van der Waals surface area contributed by atoms with Gasteiger partial charge in [-0.05, 0) is 0 Å². The molecule has 51 valence electrons. The lowest BCUT2D eigenvalue weighted by Gasteiger charge is -2.10. The normalized spacial score (nSPS) is 18.3. The molecule has 0 bridgehead atoms. The Balaban J connectivity index is 2.31. The van der Waals surface area contributed by atoms with E-state index < -0.39 is 0 Å². The lowest BCUT2D eigenvalue weighted by atomic mass is 10.5. The van der Waals surface area contributed by atoms with Gasteiger partial charge in [-0.3, -0.25) is 5.73 Å². The van der Waals surface area contributed by atoms with Crippen LogP contribution < -0.4 is 11.1 Å². The average Bonchev–Trinajstić information content (AvgIpc) is 2.18. The number of hydrogen-bond acceptors (Lipinski definition) is 1. The Hall–Kier alpha value is -0.770. The fourth-order valence-corrected chi connectivity index (χ4v) is 0.859. The summed E-state index contributed by atoms with van der Waals surface area (Å²) in [6.45, 7) is 2.36. The fraction of sp³-hybridized carbons (Fsp3) is 0.800. The van der Waals surface area contributed by atoms with Crippen LogP contribution >= 0.6 is 0 Å². The van der Waals surface area contributed by atoms with Gasteiger partial charge in [0.1, 0.15) is 0 Å². The van der Waals surface area contributed by atoms with Crippen LogP contribution in [0.5, 0.6) is 0 Å². The molecule has 1 aliphatic heterocycles. The minimum atomic E-state index is -0.0257. The second-order valence-electron chi connectivity index (χ2n) is 1.97. The zero-order chi connectivity index (χ0) is 6.69. The molecule has 1 fully saturated rings. The van der Waals surface area contributed by atoms with E-state index in [0.717, 1.165) is 13.1 Å². The van der Waals surface area contributed by atoms with Gasteiger partial charge >= 0.3 is 6.03 Å². The van der Waals surface area contributed by atoms with E-state index in [1.54, 1.807) is 4.90 Å². The van der Waals surface area contributed by atoms with E-state index in [1.807, 2.05) is 0 Å². The molecule has 1 heterocycles. The zero-order valence-electron chi connectivity index (χ0n) is 5.18.